The number of aryl methyl sites for hydroxylation is 2. The summed E-state index contributed by atoms with van der Waals surface area (Å²) in [5.74, 6) is 0. The number of para-hydroxylation sites is 2. The second-order valence-corrected chi connectivity index (χ2v) is 11.4. The molecule has 42 heavy (non-hydrogen) atoms. The number of rotatable bonds is 3. The van der Waals surface area contributed by atoms with Gasteiger partial charge in [-0.3, -0.25) is 0 Å². The normalized spacial score (nSPS) is 12.6. The van der Waals surface area contributed by atoms with E-state index in [1.54, 1.807) is 0 Å². The van der Waals surface area contributed by atoms with Crippen molar-refractivity contribution in [2.75, 3.05) is 0 Å². The molecule has 0 fully saturated rings. The van der Waals surface area contributed by atoms with Crippen LogP contribution >= 0.6 is 0 Å². The van der Waals surface area contributed by atoms with E-state index in [0.29, 0.717) is 0 Å². The highest BCUT2D eigenvalue weighted by molar-refractivity contribution is 6.10. The van der Waals surface area contributed by atoms with Crippen LogP contribution in [0.4, 0.5) is 0 Å². The smallest absolute Gasteiger partial charge is 0.0541 e. The standard InChI is InChI=1S/C40H28N2/c1-2-9-32(10-3-1)42-39-13-7-6-12-35(39)37-25-30(18-21-40(37)42)29-17-20-38-31(24-29)22-23-41(38)33-19-16-28-15-14-27-8-4-5-11-34(27)36(28)26-33/h1-13,16-26H,14-15H2. The highest BCUT2D eigenvalue weighted by Gasteiger charge is 2.17. The van der Waals surface area contributed by atoms with Gasteiger partial charge >= 0.3 is 0 Å². The van der Waals surface area contributed by atoms with Crippen LogP contribution in [0, 0.1) is 0 Å². The van der Waals surface area contributed by atoms with Gasteiger partial charge in [-0.05, 0) is 107 Å². The Bertz CT molecular complexity index is 2300. The minimum Gasteiger partial charge on any atom is -0.317 e. The number of benzene rings is 6. The molecule has 1 aliphatic carbocycles. The molecule has 0 unspecified atom stereocenters. The van der Waals surface area contributed by atoms with Gasteiger partial charge in [-0.1, -0.05) is 78.9 Å². The van der Waals surface area contributed by atoms with E-state index in [4.69, 9.17) is 0 Å². The zero-order valence-corrected chi connectivity index (χ0v) is 23.2. The fraction of sp³-hybridized carbons (Fsp3) is 0.0500. The summed E-state index contributed by atoms with van der Waals surface area (Å²) < 4.78 is 4.70. The lowest BCUT2D eigenvalue weighted by atomic mass is 9.85. The summed E-state index contributed by atoms with van der Waals surface area (Å²) in [6.45, 7) is 0. The van der Waals surface area contributed by atoms with Gasteiger partial charge in [0.15, 0.2) is 0 Å². The first kappa shape index (κ1) is 23.4. The zero-order chi connectivity index (χ0) is 27.6. The first-order valence-electron chi connectivity index (χ1n) is 14.7. The topological polar surface area (TPSA) is 9.86 Å². The van der Waals surface area contributed by atoms with E-state index in [-0.39, 0.29) is 0 Å². The van der Waals surface area contributed by atoms with E-state index in [1.807, 2.05) is 0 Å². The van der Waals surface area contributed by atoms with Gasteiger partial charge in [0, 0.05) is 33.7 Å². The summed E-state index contributed by atoms with van der Waals surface area (Å²) in [6, 6.07) is 51.2. The number of hydrogen-bond donors (Lipinski definition) is 0. The Hall–Kier alpha value is -5.34. The molecule has 0 aliphatic heterocycles. The molecule has 0 N–H and O–H groups in total. The molecule has 0 atom stereocenters. The predicted octanol–water partition coefficient (Wildman–Crippen LogP) is 10.2. The molecule has 0 bridgehead atoms. The molecule has 2 heterocycles. The van der Waals surface area contributed by atoms with Gasteiger partial charge in [-0.2, -0.15) is 0 Å². The molecule has 198 valence electrons. The predicted molar refractivity (Wildman–Crippen MR) is 176 cm³/mol. The van der Waals surface area contributed by atoms with Crippen molar-refractivity contribution in [2.24, 2.45) is 0 Å². The molecule has 2 aromatic heterocycles. The molecule has 0 saturated heterocycles. The molecule has 8 aromatic rings. The van der Waals surface area contributed by atoms with Crippen molar-refractivity contribution in [1.82, 2.24) is 9.13 Å². The molecule has 0 amide bonds. The van der Waals surface area contributed by atoms with Crippen molar-refractivity contribution < 1.29 is 0 Å². The Morgan fingerprint density at radius 2 is 1.14 bits per heavy atom. The van der Waals surface area contributed by atoms with Crippen LogP contribution in [-0.4, -0.2) is 9.13 Å². The Morgan fingerprint density at radius 3 is 2.05 bits per heavy atom. The van der Waals surface area contributed by atoms with Crippen LogP contribution in [0.15, 0.2) is 146 Å². The monoisotopic (exact) mass is 536 g/mol. The minimum atomic E-state index is 1.11. The summed E-state index contributed by atoms with van der Waals surface area (Å²) in [7, 11) is 0. The molecule has 0 spiro atoms. The van der Waals surface area contributed by atoms with Crippen LogP contribution in [0.25, 0.3) is 66.3 Å². The van der Waals surface area contributed by atoms with E-state index in [9.17, 15) is 0 Å². The molecular weight excluding hydrogens is 508 g/mol. The highest BCUT2D eigenvalue weighted by atomic mass is 15.0. The number of aromatic nitrogens is 2. The van der Waals surface area contributed by atoms with Crippen molar-refractivity contribution in [2.45, 2.75) is 12.8 Å². The summed E-state index contributed by atoms with van der Waals surface area (Å²) in [6.07, 6.45) is 4.44. The van der Waals surface area contributed by atoms with E-state index < -0.39 is 0 Å². The van der Waals surface area contributed by atoms with Crippen molar-refractivity contribution >= 4 is 32.7 Å². The van der Waals surface area contributed by atoms with Crippen LogP contribution in [0.1, 0.15) is 11.1 Å². The Balaban J connectivity index is 1.14. The molecular formula is C40H28N2. The maximum absolute atomic E-state index is 2.37. The molecule has 0 radical (unpaired) electrons. The largest absolute Gasteiger partial charge is 0.317 e. The first-order valence-corrected chi connectivity index (χ1v) is 14.7. The van der Waals surface area contributed by atoms with Crippen molar-refractivity contribution in [3.63, 3.8) is 0 Å². The van der Waals surface area contributed by atoms with Gasteiger partial charge in [0.05, 0.1) is 16.6 Å². The summed E-state index contributed by atoms with van der Waals surface area (Å²) >= 11 is 0. The van der Waals surface area contributed by atoms with Gasteiger partial charge in [-0.25, -0.2) is 0 Å². The van der Waals surface area contributed by atoms with Gasteiger partial charge in [0.2, 0.25) is 0 Å². The number of nitrogens with zero attached hydrogens (tertiary/aromatic N) is 2. The Morgan fingerprint density at radius 1 is 0.429 bits per heavy atom. The maximum Gasteiger partial charge on any atom is 0.0541 e. The highest BCUT2D eigenvalue weighted by Crippen LogP contribution is 2.37. The van der Waals surface area contributed by atoms with E-state index in [0.717, 1.165) is 12.8 Å². The summed E-state index contributed by atoms with van der Waals surface area (Å²) in [5.41, 5.74) is 14.2. The lowest BCUT2D eigenvalue weighted by Crippen LogP contribution is -2.04. The number of hydrogen-bond acceptors (Lipinski definition) is 0. The summed E-state index contributed by atoms with van der Waals surface area (Å²) in [5, 5.41) is 3.80. The fourth-order valence-corrected chi connectivity index (χ4v) is 7.01. The molecule has 0 saturated carbocycles. The van der Waals surface area contributed by atoms with Gasteiger partial charge in [0.25, 0.3) is 0 Å². The molecule has 6 aromatic carbocycles. The zero-order valence-electron chi connectivity index (χ0n) is 23.2. The molecule has 2 heteroatoms. The molecule has 2 nitrogen and oxygen atoms in total. The lowest BCUT2D eigenvalue weighted by molar-refractivity contribution is 0.939. The summed E-state index contributed by atoms with van der Waals surface area (Å²) in [4.78, 5) is 0. The average Bonchev–Trinajstić information content (AvgIpc) is 3.63. The van der Waals surface area contributed by atoms with E-state index >= 15 is 0 Å². The third-order valence-corrected chi connectivity index (χ3v) is 9.05. The quantitative estimate of drug-likeness (QED) is 0.213. The van der Waals surface area contributed by atoms with Gasteiger partial charge in [-0.15, -0.1) is 0 Å². The number of fused-ring (bicyclic) bond motifs is 7. The second-order valence-electron chi connectivity index (χ2n) is 11.4. The van der Waals surface area contributed by atoms with Crippen molar-refractivity contribution in [3.05, 3.63) is 157 Å². The fourth-order valence-electron chi connectivity index (χ4n) is 7.01. The van der Waals surface area contributed by atoms with Crippen LogP contribution in [0.2, 0.25) is 0 Å². The Labute approximate surface area is 244 Å². The SMILES string of the molecule is c1ccc(-n2c3ccccc3c3cc(-c4ccc5c(ccn5-c5ccc6c(c5)-c5ccccc5CC6)c4)ccc32)cc1. The third kappa shape index (κ3) is 3.52. The minimum absolute atomic E-state index is 1.11. The Kier molecular flexibility index (Phi) is 5.06. The van der Waals surface area contributed by atoms with Crippen molar-refractivity contribution in [3.8, 4) is 33.6 Å². The first-order chi connectivity index (χ1) is 20.8. The second kappa shape index (κ2) is 9.09. The van der Waals surface area contributed by atoms with Crippen LogP contribution in [0.5, 0.6) is 0 Å². The van der Waals surface area contributed by atoms with Gasteiger partial charge in [0.1, 0.15) is 0 Å². The average molecular weight is 537 g/mol. The molecule has 1 aliphatic rings. The van der Waals surface area contributed by atoms with Crippen LogP contribution < -0.4 is 0 Å². The molecule has 9 rings (SSSR count). The van der Waals surface area contributed by atoms with Crippen LogP contribution in [0.3, 0.4) is 0 Å². The van der Waals surface area contributed by atoms with Crippen molar-refractivity contribution in [1.29, 1.82) is 0 Å². The van der Waals surface area contributed by atoms with Crippen LogP contribution in [-0.2, 0) is 12.8 Å². The maximum atomic E-state index is 2.37. The third-order valence-electron chi connectivity index (χ3n) is 9.05. The van der Waals surface area contributed by atoms with E-state index in [2.05, 4.69) is 155 Å². The van der Waals surface area contributed by atoms with E-state index in [1.165, 1.54) is 77.5 Å². The lowest BCUT2D eigenvalue weighted by Gasteiger charge is -2.21. The van der Waals surface area contributed by atoms with Gasteiger partial charge < -0.3 is 9.13 Å².